The molecular formula is C14H18N2O4. The Hall–Kier alpha value is -2.08. The van der Waals surface area contributed by atoms with Gasteiger partial charge in [-0.05, 0) is 24.6 Å². The Labute approximate surface area is 117 Å². The first-order valence-electron chi connectivity index (χ1n) is 6.57. The van der Waals surface area contributed by atoms with Crippen LogP contribution in [0.4, 0.5) is 0 Å². The number of aryl methyl sites for hydroxylation is 1. The monoisotopic (exact) mass is 278 g/mol. The summed E-state index contributed by atoms with van der Waals surface area (Å²) in [6.07, 6.45) is 0.697. The second-order valence-electron chi connectivity index (χ2n) is 4.10. The van der Waals surface area contributed by atoms with Crippen molar-refractivity contribution in [3.8, 4) is 11.5 Å². The number of hydrogen-bond acceptors (Lipinski definition) is 6. The normalized spacial score (nSPS) is 10.6. The summed E-state index contributed by atoms with van der Waals surface area (Å²) in [7, 11) is 0. The van der Waals surface area contributed by atoms with Crippen LogP contribution in [0.25, 0.3) is 0 Å². The lowest BCUT2D eigenvalue weighted by Gasteiger charge is -2.11. The standard InChI is InChI=1S/C14H18N2O4/c1-3-13-15-16-14(20-13)9-19-11-6-5-10(8-17)7-12(11)18-4-2/h5-7,17H,3-4,8-9H2,1-2H3. The number of aliphatic hydroxyl groups excluding tert-OH is 1. The van der Waals surface area contributed by atoms with Crippen LogP contribution in [0.15, 0.2) is 22.6 Å². The van der Waals surface area contributed by atoms with Crippen LogP contribution in [-0.2, 0) is 19.6 Å². The number of hydrogen-bond donors (Lipinski definition) is 1. The van der Waals surface area contributed by atoms with Crippen LogP contribution >= 0.6 is 0 Å². The van der Waals surface area contributed by atoms with E-state index in [0.29, 0.717) is 36.3 Å². The molecule has 20 heavy (non-hydrogen) atoms. The summed E-state index contributed by atoms with van der Waals surface area (Å²) in [6, 6.07) is 5.29. The van der Waals surface area contributed by atoms with Crippen LogP contribution in [0.2, 0.25) is 0 Å². The predicted octanol–water partition coefficient (Wildman–Crippen LogP) is 2.10. The molecule has 0 aliphatic heterocycles. The fraction of sp³-hybridized carbons (Fsp3) is 0.429. The Morgan fingerprint density at radius 3 is 2.55 bits per heavy atom. The van der Waals surface area contributed by atoms with Crippen molar-refractivity contribution in [2.24, 2.45) is 0 Å². The van der Waals surface area contributed by atoms with E-state index < -0.39 is 0 Å². The molecular weight excluding hydrogens is 260 g/mol. The average molecular weight is 278 g/mol. The van der Waals surface area contributed by atoms with Crippen LogP contribution in [0, 0.1) is 0 Å². The molecule has 1 N–H and O–H groups in total. The molecule has 2 rings (SSSR count). The lowest BCUT2D eigenvalue weighted by Crippen LogP contribution is -2.00. The number of rotatable bonds is 7. The van der Waals surface area contributed by atoms with Gasteiger partial charge in [0.15, 0.2) is 18.1 Å². The minimum absolute atomic E-state index is 0.0378. The topological polar surface area (TPSA) is 77.6 Å². The van der Waals surface area contributed by atoms with Gasteiger partial charge in [-0.3, -0.25) is 0 Å². The summed E-state index contributed by atoms with van der Waals surface area (Å²) in [5, 5.41) is 16.9. The predicted molar refractivity (Wildman–Crippen MR) is 71.5 cm³/mol. The highest BCUT2D eigenvalue weighted by molar-refractivity contribution is 5.42. The summed E-state index contributed by atoms with van der Waals surface area (Å²) < 4.78 is 16.5. The zero-order valence-corrected chi connectivity index (χ0v) is 11.6. The van der Waals surface area contributed by atoms with E-state index in [4.69, 9.17) is 19.0 Å². The summed E-state index contributed by atoms with van der Waals surface area (Å²) in [5.41, 5.74) is 0.770. The third-order valence-electron chi connectivity index (χ3n) is 2.65. The van der Waals surface area contributed by atoms with Gasteiger partial charge in [-0.1, -0.05) is 13.0 Å². The molecule has 0 atom stereocenters. The van der Waals surface area contributed by atoms with Crippen molar-refractivity contribution in [3.63, 3.8) is 0 Å². The lowest BCUT2D eigenvalue weighted by atomic mass is 10.2. The van der Waals surface area contributed by atoms with E-state index in [-0.39, 0.29) is 13.2 Å². The van der Waals surface area contributed by atoms with Gasteiger partial charge in [-0.25, -0.2) is 0 Å². The van der Waals surface area contributed by atoms with Gasteiger partial charge in [0.05, 0.1) is 13.2 Å². The minimum Gasteiger partial charge on any atom is -0.490 e. The number of aliphatic hydroxyl groups is 1. The van der Waals surface area contributed by atoms with E-state index in [2.05, 4.69) is 10.2 Å². The number of nitrogens with zero attached hydrogens (tertiary/aromatic N) is 2. The van der Waals surface area contributed by atoms with Gasteiger partial charge in [0.2, 0.25) is 5.89 Å². The Kier molecular flexibility index (Phi) is 4.95. The molecule has 0 fully saturated rings. The SMILES string of the molecule is CCOc1cc(CO)ccc1OCc1nnc(CC)o1. The molecule has 0 radical (unpaired) electrons. The zero-order valence-electron chi connectivity index (χ0n) is 11.6. The van der Waals surface area contributed by atoms with Gasteiger partial charge < -0.3 is 19.0 Å². The highest BCUT2D eigenvalue weighted by Crippen LogP contribution is 2.29. The summed E-state index contributed by atoms with van der Waals surface area (Å²) >= 11 is 0. The van der Waals surface area contributed by atoms with E-state index in [1.165, 1.54) is 0 Å². The van der Waals surface area contributed by atoms with Crippen LogP contribution in [0.5, 0.6) is 11.5 Å². The van der Waals surface area contributed by atoms with E-state index in [9.17, 15) is 0 Å². The van der Waals surface area contributed by atoms with E-state index in [0.717, 1.165) is 5.56 Å². The number of benzene rings is 1. The molecule has 6 heteroatoms. The molecule has 1 aromatic heterocycles. The first kappa shape index (κ1) is 14.3. The summed E-state index contributed by atoms with van der Waals surface area (Å²) in [6.45, 7) is 4.50. The maximum atomic E-state index is 9.13. The largest absolute Gasteiger partial charge is 0.490 e. The maximum Gasteiger partial charge on any atom is 0.253 e. The molecule has 0 amide bonds. The molecule has 6 nitrogen and oxygen atoms in total. The van der Waals surface area contributed by atoms with Crippen LogP contribution in [0.1, 0.15) is 31.2 Å². The third kappa shape index (κ3) is 3.48. The minimum atomic E-state index is -0.0378. The van der Waals surface area contributed by atoms with Crippen molar-refractivity contribution in [1.82, 2.24) is 10.2 Å². The molecule has 108 valence electrons. The zero-order chi connectivity index (χ0) is 14.4. The maximum absolute atomic E-state index is 9.13. The van der Waals surface area contributed by atoms with Crippen molar-refractivity contribution in [1.29, 1.82) is 0 Å². The first-order valence-corrected chi connectivity index (χ1v) is 6.57. The summed E-state index contributed by atoms with van der Waals surface area (Å²) in [4.78, 5) is 0. The van der Waals surface area contributed by atoms with Crippen LogP contribution in [0.3, 0.4) is 0 Å². The smallest absolute Gasteiger partial charge is 0.253 e. The first-order chi connectivity index (χ1) is 9.76. The molecule has 1 aromatic carbocycles. The average Bonchev–Trinajstić information content (AvgIpc) is 2.94. The lowest BCUT2D eigenvalue weighted by molar-refractivity contribution is 0.238. The third-order valence-corrected chi connectivity index (χ3v) is 2.65. The molecule has 0 aliphatic carbocycles. The van der Waals surface area contributed by atoms with Crippen LogP contribution < -0.4 is 9.47 Å². The Balaban J connectivity index is 2.07. The second kappa shape index (κ2) is 6.91. The van der Waals surface area contributed by atoms with Crippen molar-refractivity contribution < 1.29 is 19.0 Å². The highest BCUT2D eigenvalue weighted by Gasteiger charge is 2.09. The molecule has 0 spiro atoms. The quantitative estimate of drug-likeness (QED) is 0.835. The van der Waals surface area contributed by atoms with Gasteiger partial charge in [0.25, 0.3) is 5.89 Å². The Morgan fingerprint density at radius 1 is 1.10 bits per heavy atom. The highest BCUT2D eigenvalue weighted by atomic mass is 16.5. The molecule has 0 saturated carbocycles. The summed E-state index contributed by atoms with van der Waals surface area (Å²) in [5.74, 6) is 2.19. The van der Waals surface area contributed by atoms with Gasteiger partial charge in [-0.15, -0.1) is 10.2 Å². The molecule has 2 aromatic rings. The molecule has 0 unspecified atom stereocenters. The van der Waals surface area contributed by atoms with E-state index >= 15 is 0 Å². The van der Waals surface area contributed by atoms with Gasteiger partial charge in [0, 0.05) is 6.42 Å². The van der Waals surface area contributed by atoms with Gasteiger partial charge in [0.1, 0.15) is 0 Å². The Morgan fingerprint density at radius 2 is 1.90 bits per heavy atom. The molecule has 0 bridgehead atoms. The van der Waals surface area contributed by atoms with Crippen LogP contribution in [-0.4, -0.2) is 21.9 Å². The van der Waals surface area contributed by atoms with E-state index in [1.807, 2.05) is 13.8 Å². The fourth-order valence-corrected chi connectivity index (χ4v) is 1.67. The van der Waals surface area contributed by atoms with Crippen molar-refractivity contribution in [3.05, 3.63) is 35.5 Å². The van der Waals surface area contributed by atoms with Crippen molar-refractivity contribution in [2.45, 2.75) is 33.5 Å². The fourth-order valence-electron chi connectivity index (χ4n) is 1.67. The van der Waals surface area contributed by atoms with Gasteiger partial charge in [-0.2, -0.15) is 0 Å². The number of ether oxygens (including phenoxy) is 2. The molecule has 1 heterocycles. The van der Waals surface area contributed by atoms with Gasteiger partial charge >= 0.3 is 0 Å². The Bertz CT molecular complexity index is 554. The second-order valence-corrected chi connectivity index (χ2v) is 4.10. The number of aromatic nitrogens is 2. The van der Waals surface area contributed by atoms with Crippen molar-refractivity contribution in [2.75, 3.05) is 6.61 Å². The molecule has 0 saturated heterocycles. The van der Waals surface area contributed by atoms with E-state index in [1.54, 1.807) is 18.2 Å². The van der Waals surface area contributed by atoms with Crippen molar-refractivity contribution >= 4 is 0 Å². The molecule has 0 aliphatic rings.